The third-order valence-corrected chi connectivity index (χ3v) is 4.21. The van der Waals surface area contributed by atoms with Gasteiger partial charge in [0.1, 0.15) is 5.69 Å². The van der Waals surface area contributed by atoms with Gasteiger partial charge in [0.25, 0.3) is 5.91 Å². The third kappa shape index (κ3) is 4.14. The lowest BCUT2D eigenvalue weighted by Crippen LogP contribution is -2.15. The molecular formula is C16H18N2O3S. The van der Waals surface area contributed by atoms with Crippen molar-refractivity contribution in [2.24, 2.45) is 0 Å². The molecule has 1 aromatic heterocycles. The van der Waals surface area contributed by atoms with Crippen LogP contribution in [0.25, 0.3) is 0 Å². The maximum atomic E-state index is 12.2. The van der Waals surface area contributed by atoms with Crippen LogP contribution < -0.4 is 5.32 Å². The van der Waals surface area contributed by atoms with Gasteiger partial charge in [-0.05, 0) is 17.7 Å². The number of benzene rings is 1. The maximum Gasteiger partial charge on any atom is 0.307 e. The largest absolute Gasteiger partial charge is 0.481 e. The number of anilines is 1. The highest BCUT2D eigenvalue weighted by Crippen LogP contribution is 2.25. The zero-order valence-electron chi connectivity index (χ0n) is 12.7. The fourth-order valence-electron chi connectivity index (χ4n) is 1.80. The first kappa shape index (κ1) is 16.2. The summed E-state index contributed by atoms with van der Waals surface area (Å²) in [7, 11) is 0. The number of amides is 1. The lowest BCUT2D eigenvalue weighted by molar-refractivity contribution is -0.136. The van der Waals surface area contributed by atoms with E-state index in [2.05, 4.69) is 31.1 Å². The van der Waals surface area contributed by atoms with Gasteiger partial charge in [0.15, 0.2) is 0 Å². The topological polar surface area (TPSA) is 79.3 Å². The number of carbonyl (C=O) groups is 2. The van der Waals surface area contributed by atoms with E-state index in [0.29, 0.717) is 16.9 Å². The van der Waals surface area contributed by atoms with E-state index in [-0.39, 0.29) is 17.7 Å². The average Bonchev–Trinajstić information content (AvgIpc) is 2.90. The second-order valence-electron chi connectivity index (χ2n) is 6.01. The van der Waals surface area contributed by atoms with E-state index in [4.69, 9.17) is 5.11 Å². The number of thiazole rings is 1. The molecule has 2 N–H and O–H groups in total. The number of rotatable bonds is 4. The van der Waals surface area contributed by atoms with Crippen LogP contribution in [0.4, 0.5) is 5.69 Å². The highest BCUT2D eigenvalue weighted by Gasteiger charge is 2.20. The molecule has 2 aromatic rings. The summed E-state index contributed by atoms with van der Waals surface area (Å²) in [6.45, 7) is 6.15. The Labute approximate surface area is 133 Å². The molecule has 1 amide bonds. The summed E-state index contributed by atoms with van der Waals surface area (Å²) in [6.07, 6.45) is -0.0325. The van der Waals surface area contributed by atoms with Gasteiger partial charge in [-0.1, -0.05) is 32.9 Å². The highest BCUT2D eigenvalue weighted by molar-refractivity contribution is 7.10. The Kier molecular flexibility index (Phi) is 4.61. The van der Waals surface area contributed by atoms with Crippen LogP contribution in [0.5, 0.6) is 0 Å². The number of carboxylic acids is 1. The SMILES string of the molecule is CC(C)(C)c1nc(C(=O)Nc2ccc(CC(=O)O)cc2)cs1. The normalized spacial score (nSPS) is 11.2. The van der Waals surface area contributed by atoms with Gasteiger partial charge in [0.2, 0.25) is 0 Å². The fourth-order valence-corrected chi connectivity index (χ4v) is 2.69. The van der Waals surface area contributed by atoms with E-state index in [1.54, 1.807) is 29.6 Å². The molecule has 1 heterocycles. The number of hydrogen-bond acceptors (Lipinski definition) is 4. The molecule has 0 bridgehead atoms. The summed E-state index contributed by atoms with van der Waals surface area (Å²) in [5, 5.41) is 14.1. The second-order valence-corrected chi connectivity index (χ2v) is 6.87. The predicted molar refractivity (Wildman–Crippen MR) is 86.5 cm³/mol. The average molecular weight is 318 g/mol. The predicted octanol–water partition coefficient (Wildman–Crippen LogP) is 3.32. The Morgan fingerprint density at radius 1 is 1.23 bits per heavy atom. The van der Waals surface area contributed by atoms with Crippen LogP contribution >= 0.6 is 11.3 Å². The molecule has 0 aliphatic heterocycles. The first-order valence-electron chi connectivity index (χ1n) is 6.84. The molecule has 6 heteroatoms. The third-order valence-electron chi connectivity index (χ3n) is 2.95. The summed E-state index contributed by atoms with van der Waals surface area (Å²) in [5.74, 6) is -1.15. The fraction of sp³-hybridized carbons (Fsp3) is 0.312. The highest BCUT2D eigenvalue weighted by atomic mass is 32.1. The van der Waals surface area contributed by atoms with Crippen molar-refractivity contribution in [1.82, 2.24) is 4.98 Å². The smallest absolute Gasteiger partial charge is 0.307 e. The first-order chi connectivity index (χ1) is 10.3. The van der Waals surface area contributed by atoms with Crippen LogP contribution in [0.3, 0.4) is 0 Å². The van der Waals surface area contributed by atoms with Crippen molar-refractivity contribution in [3.8, 4) is 0 Å². The van der Waals surface area contributed by atoms with Gasteiger partial charge in [-0.2, -0.15) is 0 Å². The zero-order chi connectivity index (χ0) is 16.3. The van der Waals surface area contributed by atoms with Gasteiger partial charge in [0.05, 0.1) is 11.4 Å². The van der Waals surface area contributed by atoms with Crippen molar-refractivity contribution < 1.29 is 14.7 Å². The van der Waals surface area contributed by atoms with Crippen LogP contribution in [0.2, 0.25) is 0 Å². The Morgan fingerprint density at radius 2 is 1.86 bits per heavy atom. The van der Waals surface area contributed by atoms with Crippen LogP contribution in [0, 0.1) is 0 Å². The summed E-state index contributed by atoms with van der Waals surface area (Å²) in [4.78, 5) is 27.1. The quantitative estimate of drug-likeness (QED) is 0.906. The first-order valence-corrected chi connectivity index (χ1v) is 7.72. The molecule has 0 aliphatic carbocycles. The minimum Gasteiger partial charge on any atom is -0.481 e. The molecule has 116 valence electrons. The van der Waals surface area contributed by atoms with Crippen molar-refractivity contribution in [2.45, 2.75) is 32.6 Å². The number of carboxylic acid groups (broad SMARTS) is 1. The van der Waals surface area contributed by atoms with Gasteiger partial charge in [-0.3, -0.25) is 9.59 Å². The molecule has 5 nitrogen and oxygen atoms in total. The van der Waals surface area contributed by atoms with E-state index in [1.165, 1.54) is 11.3 Å². The number of hydrogen-bond donors (Lipinski definition) is 2. The maximum absolute atomic E-state index is 12.2. The molecule has 0 fully saturated rings. The molecule has 0 saturated heterocycles. The van der Waals surface area contributed by atoms with Crippen LogP contribution in [0.15, 0.2) is 29.6 Å². The lowest BCUT2D eigenvalue weighted by Gasteiger charge is -2.13. The van der Waals surface area contributed by atoms with E-state index in [0.717, 1.165) is 5.01 Å². The molecule has 0 atom stereocenters. The molecule has 0 saturated carbocycles. The monoisotopic (exact) mass is 318 g/mol. The molecule has 22 heavy (non-hydrogen) atoms. The molecule has 2 rings (SSSR count). The van der Waals surface area contributed by atoms with Gasteiger partial charge in [-0.15, -0.1) is 11.3 Å². The Bertz CT molecular complexity index is 684. The van der Waals surface area contributed by atoms with Gasteiger partial charge < -0.3 is 10.4 Å². The molecule has 0 spiro atoms. The minimum atomic E-state index is -0.881. The number of aliphatic carboxylic acids is 1. The van der Waals surface area contributed by atoms with Crippen molar-refractivity contribution in [3.63, 3.8) is 0 Å². The summed E-state index contributed by atoms with van der Waals surface area (Å²) < 4.78 is 0. The second kappa shape index (κ2) is 6.27. The summed E-state index contributed by atoms with van der Waals surface area (Å²) in [6, 6.07) is 6.75. The van der Waals surface area contributed by atoms with Crippen LogP contribution in [-0.2, 0) is 16.6 Å². The minimum absolute atomic E-state index is 0.0325. The van der Waals surface area contributed by atoms with E-state index >= 15 is 0 Å². The summed E-state index contributed by atoms with van der Waals surface area (Å²) >= 11 is 1.47. The Hall–Kier alpha value is -2.21. The van der Waals surface area contributed by atoms with E-state index < -0.39 is 5.97 Å². The lowest BCUT2D eigenvalue weighted by atomic mass is 9.98. The van der Waals surface area contributed by atoms with Crippen molar-refractivity contribution in [2.75, 3.05) is 5.32 Å². The molecular weight excluding hydrogens is 300 g/mol. The molecule has 1 aromatic carbocycles. The standard InChI is InChI=1S/C16H18N2O3S/c1-16(2,3)15-18-12(9-22-15)14(21)17-11-6-4-10(5-7-11)8-13(19)20/h4-7,9H,8H2,1-3H3,(H,17,21)(H,19,20). The summed E-state index contributed by atoms with van der Waals surface area (Å²) in [5.41, 5.74) is 1.62. The molecule has 0 unspecified atom stereocenters. The molecule has 0 aliphatic rings. The van der Waals surface area contributed by atoms with Gasteiger partial charge in [-0.25, -0.2) is 4.98 Å². The van der Waals surface area contributed by atoms with E-state index in [9.17, 15) is 9.59 Å². The van der Waals surface area contributed by atoms with E-state index in [1.807, 2.05) is 0 Å². The number of carbonyl (C=O) groups excluding carboxylic acids is 1. The zero-order valence-corrected chi connectivity index (χ0v) is 13.5. The van der Waals surface area contributed by atoms with Crippen molar-refractivity contribution in [3.05, 3.63) is 45.9 Å². The Morgan fingerprint density at radius 3 is 2.36 bits per heavy atom. The Balaban J connectivity index is 2.05. The molecule has 0 radical (unpaired) electrons. The van der Waals surface area contributed by atoms with Crippen molar-refractivity contribution in [1.29, 1.82) is 0 Å². The van der Waals surface area contributed by atoms with Crippen LogP contribution in [-0.4, -0.2) is 22.0 Å². The number of nitrogens with zero attached hydrogens (tertiary/aromatic N) is 1. The number of nitrogens with one attached hydrogen (secondary N) is 1. The van der Waals surface area contributed by atoms with Gasteiger partial charge in [0, 0.05) is 16.5 Å². The van der Waals surface area contributed by atoms with Gasteiger partial charge >= 0.3 is 5.97 Å². The number of aromatic nitrogens is 1. The van der Waals surface area contributed by atoms with Crippen molar-refractivity contribution >= 4 is 28.9 Å². The van der Waals surface area contributed by atoms with Crippen LogP contribution in [0.1, 0.15) is 41.8 Å².